The van der Waals surface area contributed by atoms with E-state index in [1.807, 2.05) is 13.8 Å². The molecule has 4 rings (SSSR count). The summed E-state index contributed by atoms with van der Waals surface area (Å²) in [5, 5.41) is 15.5. The molecule has 10 heteroatoms. The van der Waals surface area contributed by atoms with Gasteiger partial charge in [-0.1, -0.05) is 0 Å². The number of sulfone groups is 1. The first-order valence-corrected chi connectivity index (χ1v) is 13.7. The monoisotopic (exact) mass is 515 g/mol. The summed E-state index contributed by atoms with van der Waals surface area (Å²) in [5.41, 5.74) is 1.90. The average Bonchev–Trinajstić information content (AvgIpc) is 3.24. The fourth-order valence-corrected chi connectivity index (χ4v) is 7.45. The van der Waals surface area contributed by atoms with Gasteiger partial charge in [-0.25, -0.2) is 13.9 Å². The summed E-state index contributed by atoms with van der Waals surface area (Å²) < 4.78 is 31.6. The first kappa shape index (κ1) is 26.1. The summed E-state index contributed by atoms with van der Waals surface area (Å²) in [4.78, 5) is 24.9. The van der Waals surface area contributed by atoms with Crippen LogP contribution in [0.2, 0.25) is 0 Å². The summed E-state index contributed by atoms with van der Waals surface area (Å²) in [6, 6.07) is 12.6. The Morgan fingerprint density at radius 1 is 0.944 bits per heavy atom. The van der Waals surface area contributed by atoms with Crippen molar-refractivity contribution in [3.05, 3.63) is 54.1 Å². The standard InChI is InChI=1S/C26H33N3O6S/c1-18(2)28-23(30)19-3-5-20(6-4-19)35-21-7-9-22(10-8-21)36(33,34)26(24(31)29-32)12-11-25(17-26)13-15-27-16-14-25/h3-10,18,27,32H,11-17H2,1-2H3,(H,28,30)(H,29,31). The fraction of sp³-hybridized carbons (Fsp3) is 0.462. The van der Waals surface area contributed by atoms with E-state index >= 15 is 0 Å². The molecular weight excluding hydrogens is 482 g/mol. The maximum atomic E-state index is 13.8. The molecule has 0 radical (unpaired) electrons. The van der Waals surface area contributed by atoms with Gasteiger partial charge in [0, 0.05) is 11.6 Å². The van der Waals surface area contributed by atoms with Crippen molar-refractivity contribution in [3.8, 4) is 11.5 Å². The predicted octanol–water partition coefficient (Wildman–Crippen LogP) is 3.19. The van der Waals surface area contributed by atoms with Crippen LogP contribution in [-0.2, 0) is 14.6 Å². The number of nitrogens with one attached hydrogen (secondary N) is 3. The highest BCUT2D eigenvalue weighted by atomic mass is 32.2. The van der Waals surface area contributed by atoms with Crippen LogP contribution in [0.4, 0.5) is 0 Å². The number of rotatable bonds is 7. The average molecular weight is 516 g/mol. The van der Waals surface area contributed by atoms with Gasteiger partial charge in [-0.05, 0) is 113 Å². The second kappa shape index (κ2) is 10.2. The summed E-state index contributed by atoms with van der Waals surface area (Å²) in [5.74, 6) is -0.147. The first-order valence-electron chi connectivity index (χ1n) is 12.2. The third-order valence-corrected chi connectivity index (χ3v) is 9.78. The summed E-state index contributed by atoms with van der Waals surface area (Å²) in [7, 11) is -4.09. The van der Waals surface area contributed by atoms with E-state index in [0.717, 1.165) is 25.9 Å². The van der Waals surface area contributed by atoms with E-state index in [1.54, 1.807) is 29.7 Å². The highest BCUT2D eigenvalue weighted by Crippen LogP contribution is 2.54. The van der Waals surface area contributed by atoms with E-state index in [2.05, 4.69) is 10.6 Å². The van der Waals surface area contributed by atoms with E-state index < -0.39 is 20.5 Å². The fourth-order valence-electron chi connectivity index (χ4n) is 5.35. The van der Waals surface area contributed by atoms with Gasteiger partial charge in [0.2, 0.25) is 0 Å². The lowest BCUT2D eigenvalue weighted by Gasteiger charge is -2.36. The van der Waals surface area contributed by atoms with Gasteiger partial charge in [-0.15, -0.1) is 0 Å². The molecule has 0 bridgehead atoms. The molecule has 1 aliphatic heterocycles. The molecule has 1 saturated heterocycles. The molecule has 1 saturated carbocycles. The molecule has 1 unspecified atom stereocenters. The SMILES string of the molecule is CC(C)NC(=O)c1ccc(Oc2ccc(S(=O)(=O)C3(C(=O)NO)CCC4(CCNCC4)C3)cc2)cc1. The van der Waals surface area contributed by atoms with E-state index in [1.165, 1.54) is 24.3 Å². The number of ether oxygens (including phenoxy) is 1. The van der Waals surface area contributed by atoms with Crippen LogP contribution in [0.3, 0.4) is 0 Å². The Balaban J connectivity index is 1.52. The van der Waals surface area contributed by atoms with Gasteiger partial charge < -0.3 is 15.4 Å². The maximum Gasteiger partial charge on any atom is 0.265 e. The normalized spacial score (nSPS) is 21.3. The van der Waals surface area contributed by atoms with Crippen molar-refractivity contribution >= 4 is 21.7 Å². The highest BCUT2D eigenvalue weighted by molar-refractivity contribution is 7.93. The molecule has 4 N–H and O–H groups in total. The van der Waals surface area contributed by atoms with Crippen molar-refractivity contribution in [2.75, 3.05) is 13.1 Å². The van der Waals surface area contributed by atoms with Crippen molar-refractivity contribution < 1.29 is 28.0 Å². The Kier molecular flexibility index (Phi) is 7.40. The van der Waals surface area contributed by atoms with Crippen LogP contribution in [0, 0.1) is 5.41 Å². The number of carbonyl (C=O) groups excluding carboxylic acids is 2. The molecular formula is C26H33N3O6S. The quantitative estimate of drug-likeness (QED) is 0.329. The van der Waals surface area contributed by atoms with Crippen LogP contribution < -0.4 is 20.9 Å². The third kappa shape index (κ3) is 4.98. The first-order chi connectivity index (χ1) is 17.1. The van der Waals surface area contributed by atoms with E-state index in [4.69, 9.17) is 4.74 Å². The summed E-state index contributed by atoms with van der Waals surface area (Å²) >= 11 is 0. The highest BCUT2D eigenvalue weighted by Gasteiger charge is 2.60. The third-order valence-electron chi connectivity index (χ3n) is 7.32. The van der Waals surface area contributed by atoms with Gasteiger partial charge in [0.1, 0.15) is 11.5 Å². The van der Waals surface area contributed by atoms with Gasteiger partial charge in [0.15, 0.2) is 14.6 Å². The van der Waals surface area contributed by atoms with Crippen molar-refractivity contribution in [1.82, 2.24) is 16.1 Å². The molecule has 2 aliphatic rings. The number of piperidine rings is 1. The van der Waals surface area contributed by atoms with E-state index in [0.29, 0.717) is 23.5 Å². The Hall–Kier alpha value is -2.95. The topological polar surface area (TPSA) is 134 Å². The maximum absolute atomic E-state index is 13.8. The minimum atomic E-state index is -4.09. The molecule has 2 aromatic carbocycles. The van der Waals surface area contributed by atoms with Crippen LogP contribution in [0.1, 0.15) is 56.3 Å². The number of hydroxylamine groups is 1. The molecule has 0 aromatic heterocycles. The zero-order chi connectivity index (χ0) is 26.0. The Morgan fingerprint density at radius 2 is 1.53 bits per heavy atom. The molecule has 36 heavy (non-hydrogen) atoms. The van der Waals surface area contributed by atoms with Crippen LogP contribution in [-0.4, -0.2) is 49.3 Å². The second-order valence-corrected chi connectivity index (χ2v) is 12.4. The molecule has 194 valence electrons. The van der Waals surface area contributed by atoms with E-state index in [9.17, 15) is 23.2 Å². The Labute approximate surface area is 211 Å². The lowest BCUT2D eigenvalue weighted by atomic mass is 9.77. The van der Waals surface area contributed by atoms with Crippen molar-refractivity contribution in [2.45, 2.75) is 61.6 Å². The molecule has 2 amide bonds. The van der Waals surface area contributed by atoms with Gasteiger partial charge in [-0.3, -0.25) is 14.8 Å². The lowest BCUT2D eigenvalue weighted by Crippen LogP contribution is -2.51. The molecule has 1 aliphatic carbocycles. The zero-order valence-corrected chi connectivity index (χ0v) is 21.4. The van der Waals surface area contributed by atoms with Crippen molar-refractivity contribution in [2.24, 2.45) is 5.41 Å². The van der Waals surface area contributed by atoms with E-state index in [-0.39, 0.29) is 35.1 Å². The van der Waals surface area contributed by atoms with Gasteiger partial charge in [-0.2, -0.15) is 0 Å². The Bertz CT molecular complexity index is 1210. The van der Waals surface area contributed by atoms with Gasteiger partial charge in [0.25, 0.3) is 11.8 Å². The van der Waals surface area contributed by atoms with Gasteiger partial charge in [0.05, 0.1) is 4.90 Å². The Morgan fingerprint density at radius 3 is 2.08 bits per heavy atom. The molecule has 9 nitrogen and oxygen atoms in total. The number of amides is 2. The molecule has 2 fully saturated rings. The second-order valence-electron chi connectivity index (χ2n) is 10.1. The minimum Gasteiger partial charge on any atom is -0.457 e. The predicted molar refractivity (Wildman–Crippen MR) is 134 cm³/mol. The number of hydrogen-bond donors (Lipinski definition) is 4. The number of benzene rings is 2. The van der Waals surface area contributed by atoms with Crippen LogP contribution in [0.25, 0.3) is 0 Å². The largest absolute Gasteiger partial charge is 0.457 e. The van der Waals surface area contributed by atoms with Gasteiger partial charge >= 0.3 is 0 Å². The molecule has 1 atom stereocenters. The summed E-state index contributed by atoms with van der Waals surface area (Å²) in [6.45, 7) is 5.34. The molecule has 1 spiro atoms. The molecule has 1 heterocycles. The number of carbonyl (C=O) groups is 2. The lowest BCUT2D eigenvalue weighted by molar-refractivity contribution is -0.132. The summed E-state index contributed by atoms with van der Waals surface area (Å²) in [6.07, 6.45) is 2.57. The van der Waals surface area contributed by atoms with Crippen molar-refractivity contribution in [3.63, 3.8) is 0 Å². The molecule has 2 aromatic rings. The minimum absolute atomic E-state index is 0.00476. The van der Waals surface area contributed by atoms with Crippen LogP contribution >= 0.6 is 0 Å². The zero-order valence-electron chi connectivity index (χ0n) is 20.5. The van der Waals surface area contributed by atoms with Crippen molar-refractivity contribution in [1.29, 1.82) is 0 Å². The van der Waals surface area contributed by atoms with Crippen LogP contribution in [0.15, 0.2) is 53.4 Å². The smallest absolute Gasteiger partial charge is 0.265 e. The van der Waals surface area contributed by atoms with Crippen LogP contribution in [0.5, 0.6) is 11.5 Å². The number of hydrogen-bond acceptors (Lipinski definition) is 7.